The Morgan fingerprint density at radius 3 is 2.72 bits per heavy atom. The minimum Gasteiger partial charge on any atom is -0.477 e. The predicted molar refractivity (Wildman–Crippen MR) is 99.0 cm³/mol. The standard InChI is InChI=1S/C20H13F2N3O4/c21-12-2-1-11(15(22)7-12)10-24-20-25-16-4-3-13(9-18(16)29-20)28-14-5-6-23-17(8-14)19(26)27/h1-9H,10H2,(H,24,25)(H,26,27). The van der Waals surface area contributed by atoms with Gasteiger partial charge in [0.05, 0.1) is 0 Å². The van der Waals surface area contributed by atoms with Crippen LogP contribution in [0, 0.1) is 11.6 Å². The van der Waals surface area contributed by atoms with Gasteiger partial charge in [-0.05, 0) is 24.3 Å². The third kappa shape index (κ3) is 4.13. The summed E-state index contributed by atoms with van der Waals surface area (Å²) < 4.78 is 37.9. The topological polar surface area (TPSA) is 97.5 Å². The third-order valence-electron chi connectivity index (χ3n) is 3.99. The lowest BCUT2D eigenvalue weighted by atomic mass is 10.2. The highest BCUT2D eigenvalue weighted by molar-refractivity contribution is 5.85. The minimum absolute atomic E-state index is 0.0667. The quantitative estimate of drug-likeness (QED) is 0.491. The zero-order chi connectivity index (χ0) is 20.4. The predicted octanol–water partition coefficient (Wildman–Crippen LogP) is 4.60. The number of benzene rings is 2. The number of hydrogen-bond donors (Lipinski definition) is 2. The number of rotatable bonds is 6. The first kappa shape index (κ1) is 18.4. The SMILES string of the molecule is O=C(O)c1cc(Oc2ccc3nc(NCc4ccc(F)cc4F)oc3c2)ccn1. The molecule has 0 saturated carbocycles. The van der Waals surface area contributed by atoms with Gasteiger partial charge in [0.1, 0.15) is 28.7 Å². The van der Waals surface area contributed by atoms with E-state index in [9.17, 15) is 13.6 Å². The Kier molecular flexibility index (Phi) is 4.78. The molecule has 2 aromatic carbocycles. The van der Waals surface area contributed by atoms with Gasteiger partial charge in [0.2, 0.25) is 0 Å². The molecule has 0 aliphatic rings. The average Bonchev–Trinajstić information content (AvgIpc) is 3.09. The van der Waals surface area contributed by atoms with Crippen LogP contribution in [-0.2, 0) is 6.54 Å². The second-order valence-electron chi connectivity index (χ2n) is 6.02. The van der Waals surface area contributed by atoms with E-state index >= 15 is 0 Å². The highest BCUT2D eigenvalue weighted by Gasteiger charge is 2.11. The molecule has 0 bridgehead atoms. The maximum Gasteiger partial charge on any atom is 0.354 e. The summed E-state index contributed by atoms with van der Waals surface area (Å²) in [4.78, 5) is 19.0. The Balaban J connectivity index is 1.50. The van der Waals surface area contributed by atoms with Crippen molar-refractivity contribution in [2.24, 2.45) is 0 Å². The number of hydrogen-bond acceptors (Lipinski definition) is 6. The second-order valence-corrected chi connectivity index (χ2v) is 6.02. The van der Waals surface area contributed by atoms with E-state index in [2.05, 4.69) is 15.3 Å². The number of anilines is 1. The van der Waals surface area contributed by atoms with E-state index in [0.717, 1.165) is 6.07 Å². The van der Waals surface area contributed by atoms with Crippen molar-refractivity contribution >= 4 is 23.1 Å². The number of pyridine rings is 1. The maximum atomic E-state index is 13.7. The Labute approximate surface area is 162 Å². The van der Waals surface area contributed by atoms with E-state index in [-0.39, 0.29) is 23.8 Å². The molecule has 0 atom stereocenters. The molecule has 2 N–H and O–H groups in total. The van der Waals surface area contributed by atoms with Gasteiger partial charge in [0.15, 0.2) is 11.3 Å². The highest BCUT2D eigenvalue weighted by atomic mass is 19.1. The number of oxazole rings is 1. The molecule has 0 unspecified atom stereocenters. The summed E-state index contributed by atoms with van der Waals surface area (Å²) in [6.07, 6.45) is 1.34. The van der Waals surface area contributed by atoms with Crippen LogP contribution in [0.5, 0.6) is 11.5 Å². The van der Waals surface area contributed by atoms with Crippen LogP contribution in [0.25, 0.3) is 11.1 Å². The van der Waals surface area contributed by atoms with Gasteiger partial charge in [-0.15, -0.1) is 0 Å². The van der Waals surface area contributed by atoms with E-state index in [0.29, 0.717) is 22.6 Å². The first-order chi connectivity index (χ1) is 14.0. The molecule has 2 heterocycles. The number of carboxylic acid groups (broad SMARTS) is 1. The monoisotopic (exact) mass is 397 g/mol. The van der Waals surface area contributed by atoms with Crippen molar-refractivity contribution in [1.82, 2.24) is 9.97 Å². The fourth-order valence-electron chi connectivity index (χ4n) is 2.61. The first-order valence-electron chi connectivity index (χ1n) is 8.43. The molecule has 9 heteroatoms. The Hall–Kier alpha value is -4.01. The van der Waals surface area contributed by atoms with Crippen molar-refractivity contribution < 1.29 is 27.8 Å². The lowest BCUT2D eigenvalue weighted by Crippen LogP contribution is -2.02. The number of aromatic carboxylic acids is 1. The summed E-state index contributed by atoms with van der Waals surface area (Å²) in [6.45, 7) is 0.0667. The number of aromatic nitrogens is 2. The molecule has 0 saturated heterocycles. The molecule has 0 fully saturated rings. The molecule has 146 valence electrons. The molecule has 0 amide bonds. The number of ether oxygens (including phenoxy) is 1. The zero-order valence-corrected chi connectivity index (χ0v) is 14.7. The number of nitrogens with one attached hydrogen (secondary N) is 1. The van der Waals surface area contributed by atoms with Gasteiger partial charge in [-0.1, -0.05) is 6.07 Å². The fourth-order valence-corrected chi connectivity index (χ4v) is 2.61. The molecule has 0 spiro atoms. The number of carbonyl (C=O) groups is 1. The van der Waals surface area contributed by atoms with Gasteiger partial charge in [-0.2, -0.15) is 4.98 Å². The molecule has 29 heavy (non-hydrogen) atoms. The first-order valence-corrected chi connectivity index (χ1v) is 8.43. The molecule has 0 radical (unpaired) electrons. The van der Waals surface area contributed by atoms with Crippen LogP contribution in [0.1, 0.15) is 16.1 Å². The van der Waals surface area contributed by atoms with E-state index in [4.69, 9.17) is 14.3 Å². The van der Waals surface area contributed by atoms with Crippen LogP contribution in [0.15, 0.2) is 59.1 Å². The van der Waals surface area contributed by atoms with Gasteiger partial charge in [0, 0.05) is 36.5 Å². The van der Waals surface area contributed by atoms with Crippen LogP contribution in [-0.4, -0.2) is 21.0 Å². The van der Waals surface area contributed by atoms with Gasteiger partial charge in [-0.25, -0.2) is 18.6 Å². The van der Waals surface area contributed by atoms with Crippen molar-refractivity contribution in [3.8, 4) is 11.5 Å². The average molecular weight is 397 g/mol. The van der Waals surface area contributed by atoms with Gasteiger partial charge >= 0.3 is 5.97 Å². The maximum absolute atomic E-state index is 13.7. The van der Waals surface area contributed by atoms with Crippen LogP contribution in [0.3, 0.4) is 0 Å². The van der Waals surface area contributed by atoms with Crippen molar-refractivity contribution in [2.45, 2.75) is 6.54 Å². The molecule has 4 rings (SSSR count). The molecular formula is C20H13F2N3O4. The van der Waals surface area contributed by atoms with E-state index in [1.54, 1.807) is 18.2 Å². The van der Waals surface area contributed by atoms with Crippen LogP contribution >= 0.6 is 0 Å². The highest BCUT2D eigenvalue weighted by Crippen LogP contribution is 2.27. The Bertz CT molecular complexity index is 1210. The second kappa shape index (κ2) is 7.55. The summed E-state index contributed by atoms with van der Waals surface area (Å²) in [7, 11) is 0. The number of nitrogens with zero attached hydrogens (tertiary/aromatic N) is 2. The van der Waals surface area contributed by atoms with Crippen LogP contribution in [0.4, 0.5) is 14.8 Å². The molecule has 7 nitrogen and oxygen atoms in total. The Morgan fingerprint density at radius 2 is 1.93 bits per heavy atom. The normalized spacial score (nSPS) is 10.8. The minimum atomic E-state index is -1.16. The summed E-state index contributed by atoms with van der Waals surface area (Å²) in [6, 6.07) is 11.2. The van der Waals surface area contributed by atoms with E-state index < -0.39 is 17.6 Å². The largest absolute Gasteiger partial charge is 0.477 e. The molecule has 0 aliphatic carbocycles. The summed E-state index contributed by atoms with van der Waals surface area (Å²) >= 11 is 0. The fraction of sp³-hybridized carbons (Fsp3) is 0.0500. The summed E-state index contributed by atoms with van der Waals surface area (Å²) in [5.41, 5.74) is 1.09. The lowest BCUT2D eigenvalue weighted by Gasteiger charge is -2.05. The van der Waals surface area contributed by atoms with Gasteiger partial charge in [0.25, 0.3) is 6.01 Å². The molecule has 4 aromatic rings. The van der Waals surface area contributed by atoms with Crippen molar-refractivity contribution in [3.63, 3.8) is 0 Å². The number of fused-ring (bicyclic) bond motifs is 1. The van der Waals surface area contributed by atoms with Crippen molar-refractivity contribution in [1.29, 1.82) is 0 Å². The number of carboxylic acids is 1. The van der Waals surface area contributed by atoms with Gasteiger partial charge in [-0.3, -0.25) is 0 Å². The van der Waals surface area contributed by atoms with Crippen LogP contribution < -0.4 is 10.1 Å². The van der Waals surface area contributed by atoms with Crippen LogP contribution in [0.2, 0.25) is 0 Å². The third-order valence-corrected chi connectivity index (χ3v) is 3.99. The summed E-state index contributed by atoms with van der Waals surface area (Å²) in [5.74, 6) is -1.75. The smallest absolute Gasteiger partial charge is 0.354 e. The molecule has 2 aromatic heterocycles. The summed E-state index contributed by atoms with van der Waals surface area (Å²) in [5, 5.41) is 11.8. The zero-order valence-electron chi connectivity index (χ0n) is 14.7. The molecular weight excluding hydrogens is 384 g/mol. The molecule has 0 aliphatic heterocycles. The lowest BCUT2D eigenvalue weighted by molar-refractivity contribution is 0.0690. The van der Waals surface area contributed by atoms with E-state index in [1.807, 2.05) is 0 Å². The number of halogens is 2. The van der Waals surface area contributed by atoms with Crippen molar-refractivity contribution in [3.05, 3.63) is 77.6 Å². The van der Waals surface area contributed by atoms with Crippen molar-refractivity contribution in [2.75, 3.05) is 5.32 Å². The Morgan fingerprint density at radius 1 is 1.10 bits per heavy atom. The van der Waals surface area contributed by atoms with E-state index in [1.165, 1.54) is 30.5 Å². The van der Waals surface area contributed by atoms with Gasteiger partial charge < -0.3 is 19.6 Å².